The number of benzene rings is 4. The molecule has 0 aromatic heterocycles. The molecule has 4 aromatic carbocycles. The van der Waals surface area contributed by atoms with Gasteiger partial charge in [0.05, 0.1) is 5.56 Å². The number of fused-ring (bicyclic) bond motifs is 1. The molecular formula is C32H24ClNO6. The Morgan fingerprint density at radius 3 is 2.33 bits per heavy atom. The maximum Gasteiger partial charge on any atom is 0.338 e. The summed E-state index contributed by atoms with van der Waals surface area (Å²) in [5, 5.41) is 3.42. The van der Waals surface area contributed by atoms with Crippen LogP contribution in [0.4, 0.5) is 5.69 Å². The SMILES string of the molecule is O=C(COc1ccc(C(=O)/C=C/c2ccc(OCc3ccc(Cl)cc3)cc2)cc1)Nc1ccc2c(c1)COC2=O. The van der Waals surface area contributed by atoms with Crippen molar-refractivity contribution in [1.29, 1.82) is 0 Å². The van der Waals surface area contributed by atoms with Crippen molar-refractivity contribution in [2.75, 3.05) is 11.9 Å². The number of ketones is 1. The lowest BCUT2D eigenvalue weighted by Gasteiger charge is -2.08. The first-order valence-electron chi connectivity index (χ1n) is 12.5. The van der Waals surface area contributed by atoms with Gasteiger partial charge in [-0.3, -0.25) is 9.59 Å². The van der Waals surface area contributed by atoms with Crippen molar-refractivity contribution in [2.45, 2.75) is 13.2 Å². The van der Waals surface area contributed by atoms with E-state index in [4.69, 9.17) is 25.8 Å². The minimum Gasteiger partial charge on any atom is -0.489 e. The molecule has 0 fully saturated rings. The van der Waals surface area contributed by atoms with Gasteiger partial charge >= 0.3 is 5.97 Å². The number of amides is 1. The molecule has 1 aliphatic heterocycles. The van der Waals surface area contributed by atoms with Gasteiger partial charge in [0.2, 0.25) is 0 Å². The van der Waals surface area contributed by atoms with Crippen LogP contribution >= 0.6 is 11.6 Å². The predicted octanol–water partition coefficient (Wildman–Crippen LogP) is 6.50. The molecule has 0 saturated heterocycles. The molecular weight excluding hydrogens is 530 g/mol. The van der Waals surface area contributed by atoms with E-state index in [1.807, 2.05) is 48.5 Å². The summed E-state index contributed by atoms with van der Waals surface area (Å²) >= 11 is 5.91. The molecule has 4 aromatic rings. The first-order valence-corrected chi connectivity index (χ1v) is 12.8. The number of hydrogen-bond donors (Lipinski definition) is 1. The van der Waals surface area contributed by atoms with Gasteiger partial charge < -0.3 is 19.5 Å². The number of carbonyl (C=O) groups is 3. The predicted molar refractivity (Wildman–Crippen MR) is 152 cm³/mol. The van der Waals surface area contributed by atoms with Crippen LogP contribution in [0.2, 0.25) is 5.02 Å². The summed E-state index contributed by atoms with van der Waals surface area (Å²) < 4.78 is 16.3. The Balaban J connectivity index is 1.08. The molecule has 1 amide bonds. The number of hydrogen-bond acceptors (Lipinski definition) is 6. The van der Waals surface area contributed by atoms with Gasteiger partial charge in [0, 0.05) is 21.8 Å². The standard InChI is InChI=1S/C32H24ClNO6/c33-25-8-1-22(2-9-25)18-38-27-11-3-21(4-12-27)5-16-30(35)23-6-13-28(14-7-23)39-20-31(36)34-26-10-15-29-24(17-26)19-40-32(29)37/h1-17H,18-20H2,(H,34,36)/b16-5+. The molecule has 0 unspecified atom stereocenters. The Labute approximate surface area is 236 Å². The van der Waals surface area contributed by atoms with Crippen LogP contribution in [-0.4, -0.2) is 24.3 Å². The molecule has 0 atom stereocenters. The summed E-state index contributed by atoms with van der Waals surface area (Å²) in [5.41, 5.74) is 4.16. The largest absolute Gasteiger partial charge is 0.489 e. The maximum atomic E-state index is 12.6. The number of nitrogens with one attached hydrogen (secondary N) is 1. The second-order valence-corrected chi connectivity index (χ2v) is 9.43. The van der Waals surface area contributed by atoms with E-state index >= 15 is 0 Å². The Hall–Kier alpha value is -4.88. The summed E-state index contributed by atoms with van der Waals surface area (Å²) in [4.78, 5) is 36.4. The molecule has 200 valence electrons. The Morgan fingerprint density at radius 2 is 1.57 bits per heavy atom. The zero-order valence-corrected chi connectivity index (χ0v) is 22.0. The van der Waals surface area contributed by atoms with Crippen LogP contribution in [0, 0.1) is 0 Å². The molecule has 0 saturated carbocycles. The molecule has 7 nitrogen and oxygen atoms in total. The molecule has 1 N–H and O–H groups in total. The van der Waals surface area contributed by atoms with E-state index in [1.54, 1.807) is 48.5 Å². The minimum atomic E-state index is -0.362. The van der Waals surface area contributed by atoms with Crippen molar-refractivity contribution in [3.63, 3.8) is 0 Å². The van der Waals surface area contributed by atoms with Crippen LogP contribution in [0.1, 0.15) is 37.4 Å². The monoisotopic (exact) mass is 553 g/mol. The van der Waals surface area contributed by atoms with Crippen LogP contribution in [-0.2, 0) is 22.7 Å². The third-order valence-corrected chi connectivity index (χ3v) is 6.35. The van der Waals surface area contributed by atoms with Gasteiger partial charge in [-0.05, 0) is 83.9 Å². The molecule has 1 aliphatic rings. The highest BCUT2D eigenvalue weighted by Gasteiger charge is 2.21. The molecule has 40 heavy (non-hydrogen) atoms. The third-order valence-electron chi connectivity index (χ3n) is 6.10. The first-order chi connectivity index (χ1) is 19.4. The van der Waals surface area contributed by atoms with Gasteiger partial charge in [0.25, 0.3) is 5.91 Å². The molecule has 8 heteroatoms. The van der Waals surface area contributed by atoms with E-state index in [1.165, 1.54) is 6.08 Å². The molecule has 0 spiro atoms. The summed E-state index contributed by atoms with van der Waals surface area (Å²) in [6, 6.07) is 26.5. The van der Waals surface area contributed by atoms with Gasteiger partial charge in [0.15, 0.2) is 12.4 Å². The quantitative estimate of drug-likeness (QED) is 0.137. The van der Waals surface area contributed by atoms with Crippen LogP contribution in [0.3, 0.4) is 0 Å². The van der Waals surface area contributed by atoms with Crippen molar-refractivity contribution in [1.82, 2.24) is 0 Å². The number of halogens is 1. The smallest absolute Gasteiger partial charge is 0.338 e. The van der Waals surface area contributed by atoms with Gasteiger partial charge in [-0.1, -0.05) is 41.9 Å². The molecule has 0 bridgehead atoms. The average Bonchev–Trinajstić information content (AvgIpc) is 3.35. The minimum absolute atomic E-state index is 0.161. The highest BCUT2D eigenvalue weighted by atomic mass is 35.5. The number of carbonyl (C=O) groups excluding carboxylic acids is 3. The van der Waals surface area contributed by atoms with E-state index in [0.717, 1.165) is 22.4 Å². The van der Waals surface area contributed by atoms with E-state index in [0.29, 0.717) is 34.2 Å². The molecule has 0 aliphatic carbocycles. The second-order valence-electron chi connectivity index (χ2n) is 8.99. The molecule has 5 rings (SSSR count). The lowest BCUT2D eigenvalue weighted by Crippen LogP contribution is -2.20. The fraction of sp³-hybridized carbons (Fsp3) is 0.0938. The van der Waals surface area contributed by atoms with Crippen molar-refractivity contribution >= 4 is 41.0 Å². The Morgan fingerprint density at radius 1 is 0.875 bits per heavy atom. The van der Waals surface area contributed by atoms with E-state index in [9.17, 15) is 14.4 Å². The van der Waals surface area contributed by atoms with Crippen molar-refractivity contribution in [3.8, 4) is 11.5 Å². The maximum absolute atomic E-state index is 12.6. The van der Waals surface area contributed by atoms with Crippen molar-refractivity contribution < 1.29 is 28.6 Å². The zero-order chi connectivity index (χ0) is 27.9. The Bertz CT molecular complexity index is 1560. The van der Waals surface area contributed by atoms with Gasteiger partial charge in [-0.15, -0.1) is 0 Å². The second kappa shape index (κ2) is 12.3. The Kier molecular flexibility index (Phi) is 8.23. The van der Waals surface area contributed by atoms with E-state index in [-0.39, 0.29) is 30.9 Å². The third kappa shape index (κ3) is 6.95. The summed E-state index contributed by atoms with van der Waals surface area (Å²) in [6.45, 7) is 0.420. The normalized spacial score (nSPS) is 12.1. The lowest BCUT2D eigenvalue weighted by atomic mass is 10.1. The zero-order valence-electron chi connectivity index (χ0n) is 21.3. The molecule has 0 radical (unpaired) electrons. The highest BCUT2D eigenvalue weighted by Crippen LogP contribution is 2.23. The number of ether oxygens (including phenoxy) is 3. The number of anilines is 1. The van der Waals surface area contributed by atoms with Crippen molar-refractivity contribution in [3.05, 3.63) is 130 Å². The summed E-state index contributed by atoms with van der Waals surface area (Å²) in [5.74, 6) is 0.305. The lowest BCUT2D eigenvalue weighted by molar-refractivity contribution is -0.118. The average molecular weight is 554 g/mol. The highest BCUT2D eigenvalue weighted by molar-refractivity contribution is 6.30. The van der Waals surface area contributed by atoms with E-state index < -0.39 is 0 Å². The molecule has 1 heterocycles. The first kappa shape index (κ1) is 26.7. The number of allylic oxidation sites excluding steroid dienone is 1. The van der Waals surface area contributed by atoms with Crippen LogP contribution in [0.15, 0.2) is 97.1 Å². The van der Waals surface area contributed by atoms with Gasteiger partial charge in [-0.25, -0.2) is 4.79 Å². The fourth-order valence-corrected chi connectivity index (χ4v) is 4.09. The van der Waals surface area contributed by atoms with Crippen LogP contribution < -0.4 is 14.8 Å². The van der Waals surface area contributed by atoms with Gasteiger partial charge in [0.1, 0.15) is 24.7 Å². The van der Waals surface area contributed by atoms with Crippen LogP contribution in [0.5, 0.6) is 11.5 Å². The fourth-order valence-electron chi connectivity index (χ4n) is 3.96. The number of cyclic esters (lactones) is 1. The number of rotatable bonds is 10. The number of esters is 1. The topological polar surface area (TPSA) is 90.9 Å². The summed E-state index contributed by atoms with van der Waals surface area (Å²) in [7, 11) is 0. The van der Waals surface area contributed by atoms with Gasteiger partial charge in [-0.2, -0.15) is 0 Å². The summed E-state index contributed by atoms with van der Waals surface area (Å²) in [6.07, 6.45) is 3.24. The van der Waals surface area contributed by atoms with E-state index in [2.05, 4.69) is 5.32 Å². The van der Waals surface area contributed by atoms with Crippen LogP contribution in [0.25, 0.3) is 6.08 Å². The van der Waals surface area contributed by atoms with Crippen molar-refractivity contribution in [2.24, 2.45) is 0 Å².